The molecule has 0 unspecified atom stereocenters. The highest BCUT2D eigenvalue weighted by molar-refractivity contribution is 5.98. The second-order valence-corrected chi connectivity index (χ2v) is 20.3. The number of benzene rings is 12. The summed E-state index contributed by atoms with van der Waals surface area (Å²) in [4.78, 5) is 4.66. The maximum absolute atomic E-state index is 5.16. The summed E-state index contributed by atoms with van der Waals surface area (Å²) >= 11 is 0. The Morgan fingerprint density at radius 3 is 0.975 bits per heavy atom. The minimum Gasteiger partial charge on any atom is -0.310 e. The third-order valence-corrected chi connectivity index (χ3v) is 14.8. The van der Waals surface area contributed by atoms with Crippen molar-refractivity contribution in [3.05, 3.63) is 312 Å². The number of rotatable bonds is 15. The smallest absolute Gasteiger partial charge is 0.0730 e. The Balaban J connectivity index is 0.820. The van der Waals surface area contributed by atoms with Gasteiger partial charge in [-0.15, -0.1) is 0 Å². The molecule has 0 aliphatic heterocycles. The zero-order valence-electron chi connectivity index (χ0n) is 45.4. The second kappa shape index (κ2) is 22.7. The Hall–Kier alpha value is -10.3. The predicted molar refractivity (Wildman–Crippen MR) is 340 cm³/mol. The fourth-order valence-corrected chi connectivity index (χ4v) is 10.5. The highest BCUT2D eigenvalue weighted by Gasteiger charge is 2.18. The molecule has 0 aliphatic rings. The molecule has 6 heteroatoms. The first kappa shape index (κ1) is 50.5. The van der Waals surface area contributed by atoms with E-state index >= 15 is 0 Å². The van der Waals surface area contributed by atoms with Crippen LogP contribution < -0.4 is 19.8 Å². The lowest BCUT2D eigenvalue weighted by Gasteiger charge is -2.27. The third-order valence-electron chi connectivity index (χ3n) is 14.8. The first-order valence-electron chi connectivity index (χ1n) is 27.2. The Bertz CT molecular complexity index is 3870. The van der Waals surface area contributed by atoms with Crippen molar-refractivity contribution >= 4 is 90.8 Å². The van der Waals surface area contributed by atoms with Crippen molar-refractivity contribution in [2.75, 3.05) is 19.8 Å². The molecule has 386 valence electrons. The predicted octanol–water partition coefficient (Wildman–Crippen LogP) is 20.2. The number of hydrazone groups is 2. The largest absolute Gasteiger partial charge is 0.310 e. The topological polar surface area (TPSA) is 37.7 Å². The van der Waals surface area contributed by atoms with Crippen molar-refractivity contribution < 1.29 is 0 Å². The molecule has 12 aromatic rings. The van der Waals surface area contributed by atoms with Gasteiger partial charge in [0.2, 0.25) is 0 Å². The fraction of sp³-hybridized carbons (Fsp3) is 0.0541. The van der Waals surface area contributed by atoms with E-state index in [1.807, 2.05) is 34.6 Å². The second-order valence-electron chi connectivity index (χ2n) is 20.3. The van der Waals surface area contributed by atoms with Gasteiger partial charge in [0.1, 0.15) is 0 Å². The van der Waals surface area contributed by atoms with Crippen LogP contribution in [-0.2, 0) is 0 Å². The van der Waals surface area contributed by atoms with Crippen LogP contribution in [-0.4, -0.2) is 12.4 Å². The molecule has 12 aromatic carbocycles. The van der Waals surface area contributed by atoms with E-state index < -0.39 is 0 Å². The van der Waals surface area contributed by atoms with Crippen molar-refractivity contribution in [2.45, 2.75) is 27.7 Å². The maximum Gasteiger partial charge on any atom is 0.0730 e. The van der Waals surface area contributed by atoms with E-state index in [-0.39, 0.29) is 0 Å². The summed E-state index contributed by atoms with van der Waals surface area (Å²) in [5.41, 5.74) is 19.5. The Kier molecular flexibility index (Phi) is 14.4. The Labute approximate surface area is 469 Å². The summed E-state index contributed by atoms with van der Waals surface area (Å²) in [5, 5.41) is 19.0. The van der Waals surface area contributed by atoms with Gasteiger partial charge in [-0.3, -0.25) is 0 Å². The van der Waals surface area contributed by atoms with Crippen molar-refractivity contribution in [2.24, 2.45) is 10.2 Å². The van der Waals surface area contributed by atoms with E-state index in [1.165, 1.54) is 21.9 Å². The van der Waals surface area contributed by atoms with E-state index in [9.17, 15) is 0 Å². The van der Waals surface area contributed by atoms with Crippen molar-refractivity contribution in [1.29, 1.82) is 0 Å². The molecule has 12 rings (SSSR count). The lowest BCUT2D eigenvalue weighted by Crippen LogP contribution is -2.11. The number of aryl methyl sites for hydroxylation is 4. The lowest BCUT2D eigenvalue weighted by atomic mass is 10.0. The molecular formula is C74H60N6. The number of hydrogen-bond acceptors (Lipinski definition) is 6. The van der Waals surface area contributed by atoms with Gasteiger partial charge in [0.05, 0.1) is 35.2 Å². The van der Waals surface area contributed by atoms with Gasteiger partial charge in [-0.1, -0.05) is 181 Å². The van der Waals surface area contributed by atoms with Crippen molar-refractivity contribution in [1.82, 2.24) is 0 Å². The Morgan fingerprint density at radius 2 is 0.600 bits per heavy atom. The monoisotopic (exact) mass is 1030 g/mol. The van der Waals surface area contributed by atoms with Crippen molar-refractivity contribution in [3.63, 3.8) is 0 Å². The van der Waals surface area contributed by atoms with E-state index in [0.29, 0.717) is 0 Å². The van der Waals surface area contributed by atoms with E-state index in [0.717, 1.165) is 101 Å². The van der Waals surface area contributed by atoms with E-state index in [4.69, 9.17) is 10.2 Å². The summed E-state index contributed by atoms with van der Waals surface area (Å²) in [5.74, 6) is 0. The molecule has 0 heterocycles. The van der Waals surface area contributed by atoms with Crippen molar-refractivity contribution in [3.8, 4) is 11.1 Å². The quantitative estimate of drug-likeness (QED) is 0.0757. The van der Waals surface area contributed by atoms with Gasteiger partial charge < -0.3 is 9.80 Å². The number of fused-ring (bicyclic) bond motifs is 2. The average Bonchev–Trinajstić information content (AvgIpc) is 3.63. The molecule has 0 saturated carbocycles. The molecule has 0 saturated heterocycles. The molecule has 0 aromatic heterocycles. The molecule has 0 aliphatic carbocycles. The van der Waals surface area contributed by atoms with Crippen LogP contribution in [0.1, 0.15) is 33.4 Å². The summed E-state index contributed by atoms with van der Waals surface area (Å²) in [6, 6.07) is 99.0. The van der Waals surface area contributed by atoms with E-state index in [1.54, 1.807) is 0 Å². The van der Waals surface area contributed by atoms with Crippen LogP contribution in [0.2, 0.25) is 0 Å². The summed E-state index contributed by atoms with van der Waals surface area (Å²) in [6.45, 7) is 8.59. The van der Waals surface area contributed by atoms with Gasteiger partial charge in [-0.25, -0.2) is 10.0 Å². The van der Waals surface area contributed by atoms with Gasteiger partial charge in [-0.05, 0) is 181 Å². The first-order chi connectivity index (χ1) is 39.3. The first-order valence-corrected chi connectivity index (χ1v) is 27.2. The molecular weight excluding hydrogens is 973 g/mol. The van der Waals surface area contributed by atoms with Gasteiger partial charge in [0, 0.05) is 44.9 Å². The van der Waals surface area contributed by atoms with Gasteiger partial charge >= 0.3 is 0 Å². The van der Waals surface area contributed by atoms with Gasteiger partial charge in [0.25, 0.3) is 0 Å². The Morgan fingerprint density at radius 1 is 0.275 bits per heavy atom. The van der Waals surface area contributed by atoms with Crippen LogP contribution in [0.4, 0.5) is 56.9 Å². The van der Waals surface area contributed by atoms with E-state index in [2.05, 4.69) is 304 Å². The highest BCUT2D eigenvalue weighted by atomic mass is 15.5. The molecule has 0 spiro atoms. The summed E-state index contributed by atoms with van der Waals surface area (Å²) < 4.78 is 0. The zero-order chi connectivity index (χ0) is 54.4. The number of anilines is 10. The van der Waals surface area contributed by atoms with Crippen LogP contribution in [0.25, 0.3) is 32.7 Å². The van der Waals surface area contributed by atoms with Crippen LogP contribution in [0.3, 0.4) is 0 Å². The molecule has 0 radical (unpaired) electrons. The number of nitrogens with zero attached hydrogens (tertiary/aromatic N) is 6. The van der Waals surface area contributed by atoms with Gasteiger partial charge in [0.15, 0.2) is 0 Å². The molecule has 80 heavy (non-hydrogen) atoms. The average molecular weight is 1030 g/mol. The maximum atomic E-state index is 5.16. The fourth-order valence-electron chi connectivity index (χ4n) is 10.5. The minimum atomic E-state index is 0.993. The van der Waals surface area contributed by atoms with Gasteiger partial charge in [-0.2, -0.15) is 10.2 Å². The lowest BCUT2D eigenvalue weighted by molar-refractivity contribution is 1.10. The molecule has 0 atom stereocenters. The minimum absolute atomic E-state index is 0.993. The SMILES string of the molecule is Cc1ccc(N(c2ccc(-c3ccc(N(c4ccc(C)cc4)c4ccc(/C=N/N(c5ccccc5)c5cccc6ccccc56)c(C)c4)cc3)cc2)c2ccc(/C=N/N(c3ccccc3)c3cccc4ccccc34)c(C)c2)cc1. The zero-order valence-corrected chi connectivity index (χ0v) is 45.4. The molecule has 6 nitrogen and oxygen atoms in total. The van der Waals surface area contributed by atoms with Crippen LogP contribution in [0.15, 0.2) is 289 Å². The number of hydrogen-bond donors (Lipinski definition) is 0. The highest BCUT2D eigenvalue weighted by Crippen LogP contribution is 2.40. The molecule has 0 N–H and O–H groups in total. The number of para-hydroxylation sites is 2. The van der Waals surface area contributed by atoms with Crippen LogP contribution >= 0.6 is 0 Å². The standard InChI is InChI=1S/C74H60N6/c1-53-29-39-63(40-30-53)77(69-47-37-61(55(3)49-69)51-75-79(67-21-7-5-8-22-67)73-27-15-19-59-17-11-13-25-71(59)73)65-43-33-57(34-44-65)58-35-45-66(46-36-58)78(64-41-31-54(2)32-42-64)70-48-38-62(56(4)50-70)52-76-80(68-23-9-6-10-24-68)74-28-16-20-60-18-12-14-26-72(60)74/h5-52H,1-4H3/b75-51+,76-52+. The summed E-state index contributed by atoms with van der Waals surface area (Å²) in [7, 11) is 0. The van der Waals surface area contributed by atoms with Crippen LogP contribution in [0.5, 0.6) is 0 Å². The molecule has 0 bridgehead atoms. The third kappa shape index (κ3) is 10.7. The molecule has 0 fully saturated rings. The normalized spacial score (nSPS) is 11.4. The van der Waals surface area contributed by atoms with Crippen LogP contribution in [0, 0.1) is 27.7 Å². The summed E-state index contributed by atoms with van der Waals surface area (Å²) in [6.07, 6.45) is 3.96. The molecule has 0 amide bonds.